The van der Waals surface area contributed by atoms with Crippen molar-refractivity contribution in [2.45, 2.75) is 371 Å². The summed E-state index contributed by atoms with van der Waals surface area (Å²) in [6.45, 7) is 36.6. The summed E-state index contributed by atoms with van der Waals surface area (Å²) in [4.78, 5) is 30.5. The first-order chi connectivity index (χ1) is 45.8. The van der Waals surface area contributed by atoms with Crippen molar-refractivity contribution in [2.24, 2.45) is 47.3 Å². The van der Waals surface area contributed by atoms with Gasteiger partial charge in [0, 0.05) is 62.8 Å². The molecule has 26 nitrogen and oxygen atoms in total. The third-order valence-corrected chi connectivity index (χ3v) is 24.5. The Bertz CT molecular complexity index is 2590. The van der Waals surface area contributed by atoms with Crippen molar-refractivity contribution in [3.05, 3.63) is 0 Å². The number of carbonyl (C=O) groups excluding carboxylic acids is 2. The van der Waals surface area contributed by atoms with Gasteiger partial charge >= 0.3 is 11.9 Å². The normalized spacial score (nSPS) is 49.9. The minimum Gasteiger partial charge on any atom is -0.459 e. The molecule has 8 aliphatic heterocycles. The van der Waals surface area contributed by atoms with Gasteiger partial charge in [0.05, 0.1) is 107 Å². The number of fused-ring (bicyclic) bond motifs is 4. The lowest BCUT2D eigenvalue weighted by molar-refractivity contribution is -0.318. The Morgan fingerprint density at radius 3 is 1.26 bits per heavy atom. The minimum absolute atomic E-state index is 0.0575. The van der Waals surface area contributed by atoms with Crippen LogP contribution in [0.15, 0.2) is 0 Å². The Morgan fingerprint density at radius 1 is 0.556 bits per heavy atom. The van der Waals surface area contributed by atoms with Crippen LogP contribution in [0.25, 0.3) is 0 Å². The number of nitrogens with zero attached hydrogens (tertiary/aromatic N) is 1. The van der Waals surface area contributed by atoms with Crippen LogP contribution in [0.4, 0.5) is 0 Å². The van der Waals surface area contributed by atoms with Crippen molar-refractivity contribution in [3.8, 4) is 0 Å². The van der Waals surface area contributed by atoms with E-state index in [4.69, 9.17) is 66.3 Å². The number of aliphatic hydroxyl groups is 8. The maximum absolute atomic E-state index is 14.3. The summed E-state index contributed by atoms with van der Waals surface area (Å²) in [6.07, 6.45) is -14.8. The quantitative estimate of drug-likeness (QED) is 0.0824. The highest BCUT2D eigenvalue weighted by Crippen LogP contribution is 2.51. The molecule has 14 unspecified atom stereocenters. The van der Waals surface area contributed by atoms with Crippen LogP contribution in [-0.4, -0.2) is 274 Å². The maximum Gasteiger partial charge on any atom is 0.311 e. The van der Waals surface area contributed by atoms with E-state index >= 15 is 0 Å². The van der Waals surface area contributed by atoms with Crippen LogP contribution >= 0.6 is 0 Å². The number of aliphatic hydroxyl groups excluding tert-OH is 6. The van der Waals surface area contributed by atoms with Crippen molar-refractivity contribution >= 4 is 11.9 Å². The molecule has 8 rings (SSSR count). The molecule has 9 N–H and O–H groups in total. The van der Waals surface area contributed by atoms with Crippen molar-refractivity contribution in [2.75, 3.05) is 35.4 Å². The molecule has 8 saturated heterocycles. The highest BCUT2D eigenvalue weighted by atomic mass is 16.7. The standard InChI is InChI=1S/C37H67NO12.C36H65NO12/c1-14-25(39)37(10,43)32-20(4)28-18(2)16-36(9,50-28)31(49-34-27(40)24(38(11)12)15-19(3)45-34)21(5)29(22(6)33(42)48-32)47-26-17-35(8,44-13)30(41)23(7)46-26;1-13-24(38)36(10,42)31-19(4)27-17(2)15-35(9,49-27)30(48-33-26(39)23(37-11)14-18(3)44-33)20(5)28(21(6)32(41)47-31)46-25-16-34(8,43-12)29(40)22(7)45-25/h18-32,34,39-41,43H,14-17H2,1-13H3;17-31,33,37-40,42H,13-16H2,1-12H3/t18?,19?,20-,21-,22+,23?,24?,25+,26-,27?,28?,29-,30-,31+,32+,34-,35?,36+,37+;17?,18?,19-,20-,21+,22?,23?,24+,25-,26?,27?,28-,29-,30+,31+,33-,34?,35+,36+/m00/s1. The third-order valence-electron chi connectivity index (χ3n) is 24.5. The molecule has 8 heterocycles. The van der Waals surface area contributed by atoms with Gasteiger partial charge in [0.15, 0.2) is 25.2 Å². The summed E-state index contributed by atoms with van der Waals surface area (Å²) < 4.78 is 89.9. The largest absolute Gasteiger partial charge is 0.459 e. The van der Waals surface area contributed by atoms with Crippen LogP contribution < -0.4 is 5.32 Å². The SMILES string of the molecule is CC[C@@H](O)[C@@](C)(O)[C@@H]1OC(=O)[C@H](C)[C@@H](O[C@H]2CC(C)(OC)[C@@H](O)C(C)O2)[C@H](C)[C@@H](O[C@@H]2OC(C)CC(N(C)C)C2O)[C@@]2(C)CC(C)C(O2)[C@@H]1C.CC[C@@H](O)[C@@](C)(O)[C@@H]1OC(=O)[C@H](C)[C@@H](O[C@H]2CC(C)(OC)[C@@H](O)C(C)O2)[C@H](C)[C@@H](O[C@@H]2OC(C)CC(NC)C2O)[C@@]2(C)CC(C)C(O2)[C@@H]1C. The predicted octanol–water partition coefficient (Wildman–Crippen LogP) is 4.90. The molecule has 0 aliphatic carbocycles. The van der Waals surface area contributed by atoms with Gasteiger partial charge in [-0.15, -0.1) is 0 Å². The van der Waals surface area contributed by atoms with E-state index < -0.39 is 204 Å². The Labute approximate surface area is 590 Å². The molecule has 8 aliphatic rings. The van der Waals surface area contributed by atoms with Crippen molar-refractivity contribution in [1.82, 2.24) is 10.2 Å². The number of hydrogen-bond acceptors (Lipinski definition) is 26. The van der Waals surface area contributed by atoms with Gasteiger partial charge in [-0.3, -0.25) is 9.59 Å². The van der Waals surface area contributed by atoms with E-state index in [1.807, 2.05) is 74.4 Å². The molecule has 0 saturated carbocycles. The fourth-order valence-electron chi connectivity index (χ4n) is 18.2. The van der Waals surface area contributed by atoms with Crippen LogP contribution in [0, 0.1) is 47.3 Å². The topological polar surface area (TPSA) is 340 Å². The molecule has 578 valence electrons. The zero-order valence-corrected chi connectivity index (χ0v) is 64.2. The smallest absolute Gasteiger partial charge is 0.311 e. The zero-order valence-electron chi connectivity index (χ0n) is 64.2. The summed E-state index contributed by atoms with van der Waals surface area (Å²) in [7, 11) is 8.69. The highest BCUT2D eigenvalue weighted by Gasteiger charge is 2.62. The van der Waals surface area contributed by atoms with E-state index in [1.165, 1.54) is 28.1 Å². The predicted molar refractivity (Wildman–Crippen MR) is 363 cm³/mol. The van der Waals surface area contributed by atoms with Gasteiger partial charge in [0.25, 0.3) is 0 Å². The molecule has 0 aromatic heterocycles. The Morgan fingerprint density at radius 2 is 0.919 bits per heavy atom. The lowest BCUT2D eigenvalue weighted by atomic mass is 9.76. The monoisotopic (exact) mass is 1420 g/mol. The molecular formula is C73H132N2O24. The zero-order chi connectivity index (χ0) is 74.5. The first kappa shape index (κ1) is 84.3. The van der Waals surface area contributed by atoms with Crippen molar-refractivity contribution in [3.63, 3.8) is 0 Å². The first-order valence-corrected chi connectivity index (χ1v) is 36.8. The Kier molecular flexibility index (Phi) is 28.2. The average Bonchev–Trinajstić information content (AvgIpc) is 1.68. The molecule has 0 radical (unpaired) electrons. The van der Waals surface area contributed by atoms with Gasteiger partial charge in [-0.25, -0.2) is 0 Å². The molecule has 0 amide bonds. The summed E-state index contributed by atoms with van der Waals surface area (Å²) in [5.41, 5.74) is -7.43. The van der Waals surface area contributed by atoms with Gasteiger partial charge < -0.3 is 117 Å². The van der Waals surface area contributed by atoms with E-state index in [0.717, 1.165) is 0 Å². The van der Waals surface area contributed by atoms with Crippen molar-refractivity contribution in [1.29, 1.82) is 0 Å². The number of hydrogen-bond donors (Lipinski definition) is 9. The molecule has 26 heteroatoms. The lowest BCUT2D eigenvalue weighted by Crippen LogP contribution is -2.60. The van der Waals surface area contributed by atoms with Crippen LogP contribution in [0.1, 0.15) is 190 Å². The first-order valence-electron chi connectivity index (χ1n) is 36.8. The highest BCUT2D eigenvalue weighted by molar-refractivity contribution is 5.73. The summed E-state index contributed by atoms with van der Waals surface area (Å²) in [6, 6.07) is -0.477. The van der Waals surface area contributed by atoms with E-state index in [-0.39, 0.29) is 61.8 Å². The summed E-state index contributed by atoms with van der Waals surface area (Å²) in [5.74, 6) is -5.35. The second-order valence-corrected chi connectivity index (χ2v) is 32.9. The summed E-state index contributed by atoms with van der Waals surface area (Å²) >= 11 is 0. The average molecular weight is 1420 g/mol. The van der Waals surface area contributed by atoms with E-state index in [1.54, 1.807) is 62.4 Å². The third kappa shape index (κ3) is 17.5. The molecule has 38 atom stereocenters. The molecule has 0 spiro atoms. The van der Waals surface area contributed by atoms with Gasteiger partial charge in [0.2, 0.25) is 0 Å². The van der Waals surface area contributed by atoms with Crippen LogP contribution in [0.3, 0.4) is 0 Å². The lowest BCUT2D eigenvalue weighted by Gasteiger charge is -2.48. The van der Waals surface area contributed by atoms with Gasteiger partial charge in [0.1, 0.15) is 47.8 Å². The maximum atomic E-state index is 14.3. The molecular weight excluding hydrogens is 1290 g/mol. The Hall–Kier alpha value is -1.94. The Balaban J connectivity index is 0.000000278. The molecule has 0 aromatic carbocycles. The number of cyclic esters (lactones) is 2. The number of ether oxygens (including phenoxy) is 14. The molecule has 8 fully saturated rings. The number of carbonyl (C=O) groups is 2. The number of methoxy groups -OCH3 is 2. The fraction of sp³-hybridized carbons (Fsp3) is 0.973. The van der Waals surface area contributed by atoms with E-state index in [9.17, 15) is 50.4 Å². The van der Waals surface area contributed by atoms with E-state index in [0.29, 0.717) is 25.7 Å². The second kappa shape index (κ2) is 33.1. The van der Waals surface area contributed by atoms with Crippen LogP contribution in [-0.2, 0) is 75.9 Å². The van der Waals surface area contributed by atoms with Gasteiger partial charge in [-0.1, -0.05) is 55.4 Å². The van der Waals surface area contributed by atoms with Crippen molar-refractivity contribution < 1.29 is 117 Å². The fourth-order valence-corrected chi connectivity index (χ4v) is 18.2. The van der Waals surface area contributed by atoms with Crippen LogP contribution in [0.5, 0.6) is 0 Å². The molecule has 0 aromatic rings. The number of rotatable bonds is 18. The van der Waals surface area contributed by atoms with Gasteiger partial charge in [-0.05, 0) is 155 Å². The van der Waals surface area contributed by atoms with E-state index in [2.05, 4.69) is 19.2 Å². The second-order valence-electron chi connectivity index (χ2n) is 32.9. The van der Waals surface area contributed by atoms with Gasteiger partial charge in [-0.2, -0.15) is 0 Å². The number of likely N-dealkylation sites (N-methyl/N-ethyl adjacent to an activating group) is 2. The molecule has 4 bridgehead atoms. The number of esters is 2. The van der Waals surface area contributed by atoms with Crippen LogP contribution in [0.2, 0.25) is 0 Å². The summed E-state index contributed by atoms with van der Waals surface area (Å²) in [5, 5.41) is 93.4. The number of nitrogens with one attached hydrogen (secondary N) is 1. The minimum atomic E-state index is -1.78. The molecule has 99 heavy (non-hydrogen) atoms.